The fraction of sp³-hybridized carbons (Fsp3) is 0.429. The Labute approximate surface area is 238 Å². The van der Waals surface area contributed by atoms with Crippen molar-refractivity contribution in [2.75, 3.05) is 6.79 Å². The maximum Gasteiger partial charge on any atom is 0.586 e. The average Bonchev–Trinajstić information content (AvgIpc) is 3.22. The first-order valence-corrected chi connectivity index (χ1v) is 13.0. The lowest BCUT2D eigenvalue weighted by Gasteiger charge is -2.43. The van der Waals surface area contributed by atoms with Gasteiger partial charge < -0.3 is 24.1 Å². The molecular weight excluding hydrogens is 562 g/mol. The summed E-state index contributed by atoms with van der Waals surface area (Å²) >= 11 is 0. The third kappa shape index (κ3) is 6.81. The molecule has 0 saturated carbocycles. The number of halogens is 2. The number of ether oxygens (including phenoxy) is 4. The zero-order valence-electron chi connectivity index (χ0n) is 22.9. The van der Waals surface area contributed by atoms with Crippen molar-refractivity contribution in [3.05, 3.63) is 53.3 Å². The van der Waals surface area contributed by atoms with Crippen molar-refractivity contribution in [1.29, 1.82) is 0 Å². The summed E-state index contributed by atoms with van der Waals surface area (Å²) < 4.78 is 45.1. The summed E-state index contributed by atoms with van der Waals surface area (Å²) in [5.41, 5.74) is 1.26. The number of imide groups is 1. The average molecular weight is 591 g/mol. The van der Waals surface area contributed by atoms with Crippen molar-refractivity contribution >= 4 is 29.7 Å². The number of rotatable bonds is 11. The van der Waals surface area contributed by atoms with Crippen molar-refractivity contribution < 1.29 is 56.8 Å². The van der Waals surface area contributed by atoms with Gasteiger partial charge in [-0.2, -0.15) is 0 Å². The van der Waals surface area contributed by atoms with Gasteiger partial charge in [0, 0.05) is 12.6 Å². The molecule has 2 aliphatic heterocycles. The predicted molar refractivity (Wildman–Crippen MR) is 136 cm³/mol. The van der Waals surface area contributed by atoms with Gasteiger partial charge in [0.2, 0.25) is 18.6 Å². The third-order valence-electron chi connectivity index (χ3n) is 6.77. The number of carboxylic acid groups (broad SMARTS) is 1. The first-order chi connectivity index (χ1) is 19.8. The number of likely N-dealkylation sites (tertiary alicyclic amines) is 1. The van der Waals surface area contributed by atoms with E-state index in [1.165, 1.54) is 30.5 Å². The van der Waals surface area contributed by atoms with Crippen molar-refractivity contribution in [1.82, 2.24) is 9.88 Å². The number of fused-ring (bicyclic) bond motifs is 1. The van der Waals surface area contributed by atoms with Crippen LogP contribution in [0, 0.1) is 11.8 Å². The van der Waals surface area contributed by atoms with Crippen molar-refractivity contribution in [2.24, 2.45) is 11.8 Å². The fourth-order valence-corrected chi connectivity index (χ4v) is 4.58. The molecule has 2 aromatic rings. The molecule has 1 fully saturated rings. The van der Waals surface area contributed by atoms with Gasteiger partial charge in [-0.25, -0.2) is 4.79 Å². The molecule has 224 valence electrons. The van der Waals surface area contributed by atoms with Crippen LogP contribution in [0.25, 0.3) is 0 Å². The highest BCUT2D eigenvalue weighted by Crippen LogP contribution is 2.43. The fourth-order valence-electron chi connectivity index (χ4n) is 4.58. The van der Waals surface area contributed by atoms with Gasteiger partial charge in [0.1, 0.15) is 6.04 Å². The molecule has 3 heterocycles. The number of hydrogen-bond acceptors (Lipinski definition) is 10. The smallest absolute Gasteiger partial charge is 0.480 e. The number of amides is 2. The van der Waals surface area contributed by atoms with E-state index in [0.717, 1.165) is 0 Å². The largest absolute Gasteiger partial charge is 0.586 e. The number of carboxylic acids is 1. The molecule has 2 amide bonds. The molecule has 1 aromatic carbocycles. The Morgan fingerprint density at radius 3 is 2.48 bits per heavy atom. The monoisotopic (exact) mass is 590 g/mol. The Morgan fingerprint density at radius 1 is 1.07 bits per heavy atom. The van der Waals surface area contributed by atoms with Crippen LogP contribution in [0.3, 0.4) is 0 Å². The highest BCUT2D eigenvalue weighted by atomic mass is 19.3. The van der Waals surface area contributed by atoms with Crippen LogP contribution in [-0.4, -0.2) is 63.8 Å². The topological polar surface area (TPSA) is 159 Å². The quantitative estimate of drug-likeness (QED) is 0.233. The van der Waals surface area contributed by atoms with E-state index in [9.17, 15) is 37.9 Å². The number of alkyl halides is 2. The van der Waals surface area contributed by atoms with E-state index >= 15 is 0 Å². The Kier molecular flexibility index (Phi) is 8.73. The highest BCUT2D eigenvalue weighted by molar-refractivity contribution is 6.08. The van der Waals surface area contributed by atoms with E-state index < -0.39 is 60.7 Å². The number of pyridine rings is 1. The Morgan fingerprint density at radius 2 is 1.79 bits per heavy atom. The number of β-lactam (4-membered cyclic amide) rings is 1. The summed E-state index contributed by atoms with van der Waals surface area (Å²) in [6, 6.07) is 5.72. The summed E-state index contributed by atoms with van der Waals surface area (Å²) in [5.74, 6) is -6.31. The van der Waals surface area contributed by atoms with Gasteiger partial charge in [-0.1, -0.05) is 26.8 Å². The number of hydrogen-bond donors (Lipinski definition) is 1. The number of aromatic nitrogens is 1. The standard InChI is InChI=1S/C28H28F2N2O10/c1-14(2)27(38)40-13-39-23(34)12-18-9-16(6-7-31-18)10-19-24(26(36)37)32(25(19)35)22(33)8-15(3)17-4-5-20-21(11-17)42-28(29,30)41-20/h4-7,9,11,14-15,19,24H,8,10,12-13H2,1-3H3,(H,36,37)/t15-,19+,24-/m0/s1. The summed E-state index contributed by atoms with van der Waals surface area (Å²) in [7, 11) is 0. The lowest BCUT2D eigenvalue weighted by Crippen LogP contribution is -2.66. The number of aliphatic carboxylic acids is 1. The van der Waals surface area contributed by atoms with Crippen molar-refractivity contribution in [2.45, 2.75) is 58.3 Å². The molecule has 3 atom stereocenters. The molecule has 12 nitrogen and oxygen atoms in total. The molecule has 4 rings (SSSR count). The Hall–Kier alpha value is -4.62. The minimum atomic E-state index is -3.80. The Balaban J connectivity index is 1.35. The van der Waals surface area contributed by atoms with Gasteiger partial charge in [-0.15, -0.1) is 8.78 Å². The van der Waals surface area contributed by atoms with Crippen LogP contribution in [0.4, 0.5) is 8.78 Å². The molecule has 1 aromatic heterocycles. The van der Waals surface area contributed by atoms with E-state index in [-0.39, 0.29) is 42.4 Å². The van der Waals surface area contributed by atoms with Crippen LogP contribution in [-0.2, 0) is 46.3 Å². The lowest BCUT2D eigenvalue weighted by molar-refractivity contribution is -0.286. The van der Waals surface area contributed by atoms with E-state index in [0.29, 0.717) is 16.0 Å². The first kappa shape index (κ1) is 30.3. The molecule has 1 N–H and O–H groups in total. The molecule has 1 saturated heterocycles. The number of benzene rings is 1. The summed E-state index contributed by atoms with van der Waals surface area (Å²) in [5, 5.41) is 9.80. The second kappa shape index (κ2) is 12.1. The normalized spacial score (nSPS) is 19.2. The van der Waals surface area contributed by atoms with Crippen molar-refractivity contribution in [3.8, 4) is 11.5 Å². The van der Waals surface area contributed by atoms with E-state index in [4.69, 9.17) is 9.47 Å². The molecule has 0 unspecified atom stereocenters. The van der Waals surface area contributed by atoms with Gasteiger partial charge >= 0.3 is 24.2 Å². The maximum atomic E-state index is 13.3. The molecular formula is C28H28F2N2O10. The third-order valence-corrected chi connectivity index (χ3v) is 6.77. The minimum absolute atomic E-state index is 0.0257. The summed E-state index contributed by atoms with van der Waals surface area (Å²) in [6.45, 7) is 4.35. The van der Waals surface area contributed by atoms with Crippen LogP contribution in [0.1, 0.15) is 49.9 Å². The number of esters is 2. The Bertz CT molecular complexity index is 1410. The van der Waals surface area contributed by atoms with Gasteiger partial charge in [0.15, 0.2) is 11.5 Å². The van der Waals surface area contributed by atoms with Crippen LogP contribution in [0.15, 0.2) is 36.5 Å². The van der Waals surface area contributed by atoms with Gasteiger partial charge in [0.25, 0.3) is 0 Å². The summed E-state index contributed by atoms with van der Waals surface area (Å²) in [4.78, 5) is 66.3. The summed E-state index contributed by atoms with van der Waals surface area (Å²) in [6.07, 6.45) is -2.94. The zero-order chi connectivity index (χ0) is 30.8. The van der Waals surface area contributed by atoms with Crippen LogP contribution >= 0.6 is 0 Å². The molecule has 0 bridgehead atoms. The number of carbonyl (C=O) groups is 5. The van der Waals surface area contributed by atoms with Gasteiger partial charge in [0.05, 0.1) is 24.0 Å². The van der Waals surface area contributed by atoms with Crippen LogP contribution < -0.4 is 9.47 Å². The van der Waals surface area contributed by atoms with E-state index in [2.05, 4.69) is 14.5 Å². The highest BCUT2D eigenvalue weighted by Gasteiger charge is 2.54. The molecule has 0 radical (unpaired) electrons. The molecule has 42 heavy (non-hydrogen) atoms. The lowest BCUT2D eigenvalue weighted by atomic mass is 9.81. The minimum Gasteiger partial charge on any atom is -0.480 e. The SMILES string of the molecule is CC(C)C(=O)OCOC(=O)Cc1cc(C[C@H]2C(=O)N(C(=O)C[C@H](C)c3ccc4c(c3)OC(F)(F)O4)[C@@H]2C(=O)O)ccn1. The van der Waals surface area contributed by atoms with Crippen molar-refractivity contribution in [3.63, 3.8) is 0 Å². The second-order valence-corrected chi connectivity index (χ2v) is 10.3. The van der Waals surface area contributed by atoms with Gasteiger partial charge in [-0.05, 0) is 47.7 Å². The van der Waals surface area contributed by atoms with E-state index in [1.807, 2.05) is 0 Å². The molecule has 14 heteroatoms. The zero-order valence-corrected chi connectivity index (χ0v) is 22.9. The predicted octanol–water partition coefficient (Wildman–Crippen LogP) is 2.82. The number of nitrogens with zero attached hydrogens (tertiary/aromatic N) is 2. The molecule has 0 spiro atoms. The number of carbonyl (C=O) groups excluding carboxylic acids is 4. The van der Waals surface area contributed by atoms with Crippen LogP contribution in [0.2, 0.25) is 0 Å². The molecule has 0 aliphatic carbocycles. The van der Waals surface area contributed by atoms with Gasteiger partial charge in [-0.3, -0.25) is 29.1 Å². The van der Waals surface area contributed by atoms with E-state index in [1.54, 1.807) is 26.8 Å². The molecule has 2 aliphatic rings. The maximum absolute atomic E-state index is 13.3. The van der Waals surface area contributed by atoms with Crippen LogP contribution in [0.5, 0.6) is 11.5 Å². The first-order valence-electron chi connectivity index (χ1n) is 13.0. The second-order valence-electron chi connectivity index (χ2n) is 10.3.